The van der Waals surface area contributed by atoms with E-state index in [1.54, 1.807) is 20.8 Å². The molecule has 4 rings (SSSR count). The van der Waals surface area contributed by atoms with Gasteiger partial charge in [0.1, 0.15) is 17.5 Å². The van der Waals surface area contributed by atoms with Crippen LogP contribution >= 0.6 is 12.4 Å². The van der Waals surface area contributed by atoms with Crippen LogP contribution in [0.4, 0.5) is 4.79 Å². The molecule has 2 aliphatic heterocycles. The van der Waals surface area contributed by atoms with Crippen molar-refractivity contribution in [1.82, 2.24) is 9.80 Å². The maximum Gasteiger partial charge on any atom is 0.410 e. The second-order valence-corrected chi connectivity index (χ2v) is 14.5. The lowest BCUT2D eigenvalue weighted by molar-refractivity contribution is -0.359. The number of rotatable bonds is 8. The Balaban J connectivity index is 0.00000506. The number of likely N-dealkylation sites (tertiary alicyclic amines) is 1. The van der Waals surface area contributed by atoms with Crippen molar-refractivity contribution in [2.24, 2.45) is 22.7 Å². The van der Waals surface area contributed by atoms with Crippen LogP contribution in [-0.2, 0) is 19.1 Å². The van der Waals surface area contributed by atoms with Gasteiger partial charge in [-0.05, 0) is 77.8 Å². The van der Waals surface area contributed by atoms with Crippen LogP contribution in [-0.4, -0.2) is 99.4 Å². The van der Waals surface area contributed by atoms with Gasteiger partial charge in [0.05, 0.1) is 17.6 Å². The highest BCUT2D eigenvalue weighted by molar-refractivity contribution is 5.94. The number of ketones is 2. The zero-order chi connectivity index (χ0) is 31.3. The van der Waals surface area contributed by atoms with Crippen LogP contribution in [0.3, 0.4) is 0 Å². The molecule has 10 heteroatoms. The first-order chi connectivity index (χ1) is 19.6. The third-order valence-corrected chi connectivity index (χ3v) is 11.5. The summed E-state index contributed by atoms with van der Waals surface area (Å²) in [4.78, 5) is 46.4. The van der Waals surface area contributed by atoms with Crippen molar-refractivity contribution in [3.8, 4) is 0 Å². The van der Waals surface area contributed by atoms with E-state index in [1.807, 2.05) is 27.7 Å². The highest BCUT2D eigenvalue weighted by Gasteiger charge is 2.82. The summed E-state index contributed by atoms with van der Waals surface area (Å²) in [5, 5.41) is 24.6. The number of hydrogen-bond acceptors (Lipinski definition) is 8. The second kappa shape index (κ2) is 12.7. The Morgan fingerprint density at radius 3 is 2.28 bits per heavy atom. The third kappa shape index (κ3) is 5.60. The summed E-state index contributed by atoms with van der Waals surface area (Å²) in [6, 6.07) is 0. The number of fused-ring (bicyclic) bond motifs is 3. The molecule has 4 aliphatic rings. The number of hydrogen-bond donors (Lipinski definition) is 2. The van der Waals surface area contributed by atoms with Crippen molar-refractivity contribution in [1.29, 1.82) is 0 Å². The number of piperidine rings is 1. The number of halogens is 1. The molecule has 2 N–H and O–H groups in total. The van der Waals surface area contributed by atoms with Crippen LogP contribution in [0, 0.1) is 22.7 Å². The van der Waals surface area contributed by atoms with Crippen molar-refractivity contribution in [2.75, 3.05) is 32.7 Å². The SMILES string of the molecule is C=C[C@@]1(C)CC(=O)[C@]2(O)[C@@]3(C)[C@@H](O)CCC(C)(C)[C@@H]3[C@H](C(=O)CCN3CCCCC3)[C@H](OC(=O)N(CC)CC)[C@@]2(C)O1.Cl. The van der Waals surface area contributed by atoms with E-state index in [1.165, 1.54) is 17.4 Å². The van der Waals surface area contributed by atoms with Crippen LogP contribution in [0.15, 0.2) is 12.7 Å². The average Bonchev–Trinajstić information content (AvgIpc) is 2.94. The molecule has 0 aromatic carbocycles. The fourth-order valence-corrected chi connectivity index (χ4v) is 9.18. The van der Waals surface area contributed by atoms with Gasteiger partial charge in [-0.2, -0.15) is 0 Å². The standard InChI is InChI=1S/C33H54N2O7.ClH/c1-9-30(6)21-24(38)33(40)31(7)23(37)15-17-29(4,5)26(31)25(22(36)16-20-34-18-13-12-14-19-34)27(32(33,8)42-30)41-28(39)35(10-2)11-3;/h9,23,25-27,37,40H,1,10-21H2,2-8H3;1H/t23-,25-,26-,27-,30-,31-,32+,33-;/m0./s1. The van der Waals surface area contributed by atoms with Gasteiger partial charge in [-0.25, -0.2) is 4.79 Å². The Morgan fingerprint density at radius 1 is 1.12 bits per heavy atom. The first-order valence-electron chi connectivity index (χ1n) is 16.0. The van der Waals surface area contributed by atoms with E-state index in [0.717, 1.165) is 25.9 Å². The molecular formula is C33H55ClN2O7. The zero-order valence-corrected chi connectivity index (χ0v) is 28.1. The fraction of sp³-hybridized carbons (Fsp3) is 0.848. The van der Waals surface area contributed by atoms with Gasteiger partial charge in [0.15, 0.2) is 11.4 Å². The van der Waals surface area contributed by atoms with E-state index in [0.29, 0.717) is 32.5 Å². The van der Waals surface area contributed by atoms with Crippen LogP contribution in [0.5, 0.6) is 0 Å². The van der Waals surface area contributed by atoms with Gasteiger partial charge in [0.25, 0.3) is 0 Å². The summed E-state index contributed by atoms with van der Waals surface area (Å²) in [5.41, 5.74) is -7.23. The molecule has 0 radical (unpaired) electrons. The summed E-state index contributed by atoms with van der Waals surface area (Å²) in [6.45, 7) is 20.0. The molecule has 0 aromatic rings. The maximum absolute atomic E-state index is 14.6. The summed E-state index contributed by atoms with van der Waals surface area (Å²) < 4.78 is 13.0. The van der Waals surface area contributed by atoms with Crippen molar-refractivity contribution in [3.05, 3.63) is 12.7 Å². The van der Waals surface area contributed by atoms with Crippen molar-refractivity contribution >= 4 is 30.1 Å². The van der Waals surface area contributed by atoms with Crippen LogP contribution in [0.25, 0.3) is 0 Å². The molecule has 0 aromatic heterocycles. The summed E-state index contributed by atoms with van der Waals surface area (Å²) in [6.07, 6.45) is 3.00. The minimum absolute atomic E-state index is 0. The lowest BCUT2D eigenvalue weighted by atomic mass is 9.37. The van der Waals surface area contributed by atoms with Crippen LogP contribution in [0.1, 0.15) is 93.4 Å². The number of aliphatic hydroxyl groups excluding tert-OH is 1. The third-order valence-electron chi connectivity index (χ3n) is 11.5. The Kier molecular flexibility index (Phi) is 10.6. The van der Waals surface area contributed by atoms with Crippen LogP contribution < -0.4 is 0 Å². The molecule has 1 amide bonds. The summed E-state index contributed by atoms with van der Waals surface area (Å²) in [7, 11) is 0. The number of carbonyl (C=O) groups excluding carboxylic acids is 3. The summed E-state index contributed by atoms with van der Waals surface area (Å²) in [5.74, 6) is -2.15. The number of aliphatic hydroxyl groups is 2. The molecule has 43 heavy (non-hydrogen) atoms. The monoisotopic (exact) mass is 626 g/mol. The normalized spacial score (nSPS) is 40.8. The predicted octanol–water partition coefficient (Wildman–Crippen LogP) is 4.56. The smallest absolute Gasteiger partial charge is 0.410 e. The molecule has 2 saturated heterocycles. The molecule has 0 bridgehead atoms. The number of nitrogens with zero attached hydrogens (tertiary/aromatic N) is 2. The van der Waals surface area contributed by atoms with Gasteiger partial charge in [0.2, 0.25) is 0 Å². The lowest BCUT2D eigenvalue weighted by Crippen LogP contribution is -2.86. The number of Topliss-reactive ketones (excluding diaryl/α,β-unsaturated/α-hetero) is 2. The first kappa shape index (κ1) is 36.0. The molecule has 0 unspecified atom stereocenters. The van der Waals surface area contributed by atoms with Gasteiger partial charge in [-0.3, -0.25) is 9.59 Å². The largest absolute Gasteiger partial charge is 0.442 e. The molecule has 2 saturated carbocycles. The molecule has 2 aliphatic carbocycles. The molecular weight excluding hydrogens is 572 g/mol. The predicted molar refractivity (Wildman–Crippen MR) is 167 cm³/mol. The van der Waals surface area contributed by atoms with Gasteiger partial charge >= 0.3 is 6.09 Å². The van der Waals surface area contributed by atoms with Gasteiger partial charge < -0.3 is 29.5 Å². The van der Waals surface area contributed by atoms with Gasteiger partial charge in [-0.1, -0.05) is 33.3 Å². The minimum Gasteiger partial charge on any atom is -0.442 e. The Labute approximate surface area is 264 Å². The van der Waals surface area contributed by atoms with E-state index >= 15 is 0 Å². The molecule has 9 nitrogen and oxygen atoms in total. The molecule has 4 fully saturated rings. The van der Waals surface area contributed by atoms with E-state index < -0.39 is 63.6 Å². The maximum atomic E-state index is 14.6. The highest BCUT2D eigenvalue weighted by Crippen LogP contribution is 2.68. The molecule has 8 atom stereocenters. The Bertz CT molecular complexity index is 1080. The molecule has 0 spiro atoms. The van der Waals surface area contributed by atoms with E-state index in [-0.39, 0.29) is 31.0 Å². The van der Waals surface area contributed by atoms with Gasteiger partial charge in [-0.15, -0.1) is 19.0 Å². The topological polar surface area (TPSA) is 117 Å². The van der Waals surface area contributed by atoms with Crippen molar-refractivity contribution in [2.45, 2.75) is 122 Å². The zero-order valence-electron chi connectivity index (χ0n) is 27.3. The van der Waals surface area contributed by atoms with Crippen molar-refractivity contribution in [3.63, 3.8) is 0 Å². The van der Waals surface area contributed by atoms with E-state index in [9.17, 15) is 24.6 Å². The van der Waals surface area contributed by atoms with Crippen LogP contribution in [0.2, 0.25) is 0 Å². The van der Waals surface area contributed by atoms with Crippen molar-refractivity contribution < 1.29 is 34.1 Å². The number of amides is 1. The molecule has 246 valence electrons. The Morgan fingerprint density at radius 2 is 1.72 bits per heavy atom. The highest BCUT2D eigenvalue weighted by atomic mass is 35.5. The average molecular weight is 627 g/mol. The molecule has 2 heterocycles. The lowest BCUT2D eigenvalue weighted by Gasteiger charge is -2.71. The number of ether oxygens (including phenoxy) is 2. The van der Waals surface area contributed by atoms with E-state index in [2.05, 4.69) is 11.5 Å². The quantitative estimate of drug-likeness (QED) is 0.377. The van der Waals surface area contributed by atoms with E-state index in [4.69, 9.17) is 9.47 Å². The second-order valence-electron chi connectivity index (χ2n) is 14.5. The Hall–Kier alpha value is -1.52. The summed E-state index contributed by atoms with van der Waals surface area (Å²) >= 11 is 0. The fourth-order valence-electron chi connectivity index (χ4n) is 9.18. The minimum atomic E-state index is -2.23. The van der Waals surface area contributed by atoms with Gasteiger partial charge in [0, 0.05) is 37.9 Å². The number of carbonyl (C=O) groups is 3. The first-order valence-corrected chi connectivity index (χ1v) is 16.0.